The van der Waals surface area contributed by atoms with Gasteiger partial charge in [-0.25, -0.2) is 4.79 Å². The maximum absolute atomic E-state index is 11.1. The van der Waals surface area contributed by atoms with E-state index >= 15 is 0 Å². The minimum Gasteiger partial charge on any atom is -0.478 e. The fourth-order valence-electron chi connectivity index (χ4n) is 1.87. The van der Waals surface area contributed by atoms with Crippen LogP contribution < -0.4 is 0 Å². The molecule has 2 rings (SSSR count). The van der Waals surface area contributed by atoms with Crippen molar-refractivity contribution in [3.63, 3.8) is 0 Å². The second-order valence-electron chi connectivity index (χ2n) is 4.12. The second kappa shape index (κ2) is 4.80. The first-order valence-corrected chi connectivity index (χ1v) is 6.29. The Labute approximate surface area is 105 Å². The van der Waals surface area contributed by atoms with Gasteiger partial charge < -0.3 is 5.11 Å². The monoisotopic (exact) mass is 246 g/mol. The number of thioether (sulfide) groups is 1. The summed E-state index contributed by atoms with van der Waals surface area (Å²) in [5, 5.41) is 9.12. The predicted octanol–water partition coefficient (Wildman–Crippen LogP) is 4.10. The summed E-state index contributed by atoms with van der Waals surface area (Å²) in [5.74, 6) is -0.880. The van der Waals surface area contributed by atoms with Gasteiger partial charge in [-0.1, -0.05) is 36.0 Å². The van der Waals surface area contributed by atoms with E-state index in [1.807, 2.05) is 12.1 Å². The molecule has 1 aliphatic rings. The Bertz CT molecular complexity index is 515. The molecule has 1 aliphatic carbocycles. The third-order valence-electron chi connectivity index (χ3n) is 2.84. The number of carboxylic acids is 1. The topological polar surface area (TPSA) is 37.3 Å². The van der Waals surface area contributed by atoms with E-state index < -0.39 is 5.97 Å². The van der Waals surface area contributed by atoms with Crippen molar-refractivity contribution in [2.75, 3.05) is 0 Å². The molecule has 0 saturated heterocycles. The van der Waals surface area contributed by atoms with Gasteiger partial charge in [-0.15, -0.1) is 0 Å². The van der Waals surface area contributed by atoms with E-state index in [9.17, 15) is 4.79 Å². The largest absolute Gasteiger partial charge is 0.478 e. The molecule has 0 amide bonds. The Morgan fingerprint density at radius 2 is 2.06 bits per heavy atom. The van der Waals surface area contributed by atoms with Crippen molar-refractivity contribution < 1.29 is 9.90 Å². The zero-order valence-electron chi connectivity index (χ0n) is 9.69. The van der Waals surface area contributed by atoms with Gasteiger partial charge >= 0.3 is 5.97 Å². The third-order valence-corrected chi connectivity index (χ3v) is 4.26. The van der Waals surface area contributed by atoms with Gasteiger partial charge in [0.25, 0.3) is 0 Å². The van der Waals surface area contributed by atoms with Gasteiger partial charge in [0.05, 0.1) is 5.56 Å². The molecule has 0 aromatic heterocycles. The third kappa shape index (κ3) is 2.44. The smallest absolute Gasteiger partial charge is 0.336 e. The lowest BCUT2D eigenvalue weighted by Crippen LogP contribution is -1.98. The first kappa shape index (κ1) is 12.0. The summed E-state index contributed by atoms with van der Waals surface area (Å²) in [4.78, 5) is 13.0. The fraction of sp³-hybridized carbons (Fsp3) is 0.214. The van der Waals surface area contributed by atoms with Crippen LogP contribution in [0.2, 0.25) is 0 Å². The maximum Gasteiger partial charge on any atom is 0.336 e. The summed E-state index contributed by atoms with van der Waals surface area (Å²) in [7, 11) is 0. The van der Waals surface area contributed by atoms with Gasteiger partial charge in [-0.2, -0.15) is 0 Å². The number of aromatic carboxylic acids is 1. The highest BCUT2D eigenvalue weighted by Crippen LogP contribution is 2.42. The fourth-order valence-corrected chi connectivity index (χ4v) is 3.02. The summed E-state index contributed by atoms with van der Waals surface area (Å²) >= 11 is 1.52. The van der Waals surface area contributed by atoms with Crippen LogP contribution in [-0.2, 0) is 0 Å². The lowest BCUT2D eigenvalue weighted by Gasteiger charge is -2.08. The van der Waals surface area contributed by atoms with Crippen LogP contribution in [0.25, 0.3) is 0 Å². The van der Waals surface area contributed by atoms with Crippen LogP contribution in [0.15, 0.2) is 51.8 Å². The molecule has 2 nitrogen and oxygen atoms in total. The van der Waals surface area contributed by atoms with Crippen LogP contribution in [0.5, 0.6) is 0 Å². The van der Waals surface area contributed by atoms with Gasteiger partial charge in [0.2, 0.25) is 0 Å². The van der Waals surface area contributed by atoms with Crippen LogP contribution in [0.4, 0.5) is 0 Å². The molecular weight excluding hydrogens is 232 g/mol. The number of carbonyl (C=O) groups is 1. The lowest BCUT2D eigenvalue weighted by molar-refractivity contribution is 0.0693. The predicted molar refractivity (Wildman–Crippen MR) is 70.3 cm³/mol. The van der Waals surface area contributed by atoms with Gasteiger partial charge in [0, 0.05) is 9.80 Å². The molecule has 17 heavy (non-hydrogen) atoms. The number of carboxylic acid groups (broad SMARTS) is 1. The Kier molecular flexibility index (Phi) is 3.38. The molecule has 1 aromatic carbocycles. The zero-order chi connectivity index (χ0) is 12.4. The summed E-state index contributed by atoms with van der Waals surface area (Å²) in [6.45, 7) is 6.12. The molecule has 3 heteroatoms. The molecular formula is C14H14O2S. The normalized spacial score (nSPS) is 15.5. The molecule has 1 aromatic rings. The van der Waals surface area contributed by atoms with Crippen molar-refractivity contribution in [2.24, 2.45) is 0 Å². The molecule has 0 saturated carbocycles. The van der Waals surface area contributed by atoms with Crippen LogP contribution in [0.3, 0.4) is 0 Å². The SMILES string of the molecule is C=C1CCC(C)=C1Sc1ccccc1C(=O)O. The Hall–Kier alpha value is -1.48. The standard InChI is InChI=1S/C14H14O2S/c1-9-7-8-10(2)13(9)17-12-6-4-3-5-11(12)14(15)16/h3-6H,1,7-8H2,2H3,(H,15,16). The summed E-state index contributed by atoms with van der Waals surface area (Å²) in [5.41, 5.74) is 2.78. The highest BCUT2D eigenvalue weighted by Gasteiger charge is 2.18. The van der Waals surface area contributed by atoms with E-state index in [1.165, 1.54) is 17.3 Å². The molecule has 0 fully saturated rings. The van der Waals surface area contributed by atoms with Crippen molar-refractivity contribution >= 4 is 17.7 Å². The molecule has 0 aliphatic heterocycles. The van der Waals surface area contributed by atoms with E-state index in [-0.39, 0.29) is 0 Å². The van der Waals surface area contributed by atoms with Gasteiger partial charge in [-0.05, 0) is 37.5 Å². The summed E-state index contributed by atoms with van der Waals surface area (Å²) in [6, 6.07) is 7.10. The number of benzene rings is 1. The molecule has 0 radical (unpaired) electrons. The first-order valence-electron chi connectivity index (χ1n) is 5.47. The van der Waals surface area contributed by atoms with Gasteiger partial charge in [0.15, 0.2) is 0 Å². The number of hydrogen-bond donors (Lipinski definition) is 1. The molecule has 1 N–H and O–H groups in total. The first-order chi connectivity index (χ1) is 8.09. The quantitative estimate of drug-likeness (QED) is 0.872. The van der Waals surface area contributed by atoms with Crippen LogP contribution in [-0.4, -0.2) is 11.1 Å². The average Bonchev–Trinajstić information content (AvgIpc) is 2.61. The zero-order valence-corrected chi connectivity index (χ0v) is 10.5. The number of rotatable bonds is 3. The van der Waals surface area contributed by atoms with Crippen LogP contribution in [0.1, 0.15) is 30.1 Å². The Morgan fingerprint density at radius 1 is 1.35 bits per heavy atom. The minimum atomic E-state index is -0.880. The van der Waals surface area contributed by atoms with Crippen molar-refractivity contribution in [3.8, 4) is 0 Å². The molecule has 0 heterocycles. The van der Waals surface area contributed by atoms with E-state index in [1.54, 1.807) is 12.1 Å². The average molecular weight is 246 g/mol. The molecule has 0 atom stereocenters. The van der Waals surface area contributed by atoms with E-state index in [0.29, 0.717) is 5.56 Å². The Balaban J connectivity index is 2.34. The van der Waals surface area contributed by atoms with E-state index in [4.69, 9.17) is 5.11 Å². The highest BCUT2D eigenvalue weighted by atomic mass is 32.2. The molecule has 0 unspecified atom stereocenters. The van der Waals surface area contributed by atoms with Crippen molar-refractivity contribution in [3.05, 3.63) is 52.5 Å². The van der Waals surface area contributed by atoms with Crippen LogP contribution in [0, 0.1) is 0 Å². The molecule has 88 valence electrons. The van der Waals surface area contributed by atoms with Crippen LogP contribution >= 0.6 is 11.8 Å². The van der Waals surface area contributed by atoms with Gasteiger partial charge in [0.1, 0.15) is 0 Å². The van der Waals surface area contributed by atoms with E-state index in [2.05, 4.69) is 13.5 Å². The maximum atomic E-state index is 11.1. The van der Waals surface area contributed by atoms with Crippen molar-refractivity contribution in [1.82, 2.24) is 0 Å². The summed E-state index contributed by atoms with van der Waals surface area (Å²) in [6.07, 6.45) is 2.03. The van der Waals surface area contributed by atoms with Crippen molar-refractivity contribution in [2.45, 2.75) is 24.7 Å². The second-order valence-corrected chi connectivity index (χ2v) is 5.17. The molecule has 0 spiro atoms. The Morgan fingerprint density at radius 3 is 2.65 bits per heavy atom. The molecule has 0 bridgehead atoms. The van der Waals surface area contributed by atoms with E-state index in [0.717, 1.165) is 28.2 Å². The van der Waals surface area contributed by atoms with Gasteiger partial charge in [-0.3, -0.25) is 0 Å². The highest BCUT2D eigenvalue weighted by molar-refractivity contribution is 8.03. The number of hydrogen-bond acceptors (Lipinski definition) is 2. The minimum absolute atomic E-state index is 0.359. The number of allylic oxidation sites excluding steroid dienone is 2. The summed E-state index contributed by atoms with van der Waals surface area (Å²) < 4.78 is 0. The van der Waals surface area contributed by atoms with Crippen molar-refractivity contribution in [1.29, 1.82) is 0 Å². The lowest BCUT2D eigenvalue weighted by atomic mass is 10.2.